The van der Waals surface area contributed by atoms with Crippen LogP contribution in [0.15, 0.2) is 35.9 Å². The molecule has 1 aromatic carbocycles. The lowest BCUT2D eigenvalue weighted by Crippen LogP contribution is -2.44. The SMILES string of the molecule is CCOC(=O)/C=C1\CN([C@H](C(=O)OC)c2ccccc2Cl)CC[C@@H]1OS(C)(=O)=O. The van der Waals surface area contributed by atoms with Gasteiger partial charge in [-0.25, -0.2) is 9.59 Å². The first kappa shape index (κ1) is 23.3. The molecule has 2 atom stereocenters. The lowest BCUT2D eigenvalue weighted by Gasteiger charge is -2.37. The summed E-state index contributed by atoms with van der Waals surface area (Å²) >= 11 is 6.29. The molecular weight excluding hydrogens is 422 g/mol. The fraction of sp³-hybridized carbons (Fsp3) is 0.474. The van der Waals surface area contributed by atoms with Gasteiger partial charge in [0.15, 0.2) is 0 Å². The molecule has 0 bridgehead atoms. The number of benzene rings is 1. The summed E-state index contributed by atoms with van der Waals surface area (Å²) in [5.74, 6) is -1.13. The van der Waals surface area contributed by atoms with E-state index in [0.717, 1.165) is 6.26 Å². The van der Waals surface area contributed by atoms with Crippen LogP contribution in [0.1, 0.15) is 24.9 Å². The number of likely N-dealkylation sites (tertiary alicyclic amines) is 1. The van der Waals surface area contributed by atoms with Crippen LogP contribution in [0.2, 0.25) is 5.02 Å². The highest BCUT2D eigenvalue weighted by Gasteiger charge is 2.36. The second kappa shape index (κ2) is 10.2. The fourth-order valence-electron chi connectivity index (χ4n) is 3.18. The second-order valence-corrected chi connectivity index (χ2v) is 8.47. The van der Waals surface area contributed by atoms with E-state index >= 15 is 0 Å². The Bertz CT molecular complexity index is 884. The third-order valence-corrected chi connectivity index (χ3v) is 5.27. The molecule has 160 valence electrons. The predicted octanol–water partition coefficient (Wildman–Crippen LogP) is 2.09. The van der Waals surface area contributed by atoms with Crippen molar-refractivity contribution >= 4 is 33.7 Å². The lowest BCUT2D eigenvalue weighted by atomic mass is 9.96. The van der Waals surface area contributed by atoms with Crippen LogP contribution in [-0.4, -0.2) is 64.4 Å². The normalized spacial score (nSPS) is 20.3. The highest BCUT2D eigenvalue weighted by molar-refractivity contribution is 7.86. The van der Waals surface area contributed by atoms with Gasteiger partial charge in [-0.15, -0.1) is 0 Å². The van der Waals surface area contributed by atoms with Gasteiger partial charge in [0.1, 0.15) is 12.1 Å². The topological polar surface area (TPSA) is 99.2 Å². The molecule has 1 aliphatic heterocycles. The molecule has 0 aromatic heterocycles. The molecule has 0 unspecified atom stereocenters. The van der Waals surface area contributed by atoms with E-state index in [0.29, 0.717) is 22.7 Å². The van der Waals surface area contributed by atoms with Gasteiger partial charge in [0, 0.05) is 24.2 Å². The average Bonchev–Trinajstić information content (AvgIpc) is 2.64. The van der Waals surface area contributed by atoms with E-state index < -0.39 is 34.2 Å². The molecule has 0 N–H and O–H groups in total. The van der Waals surface area contributed by atoms with Gasteiger partial charge < -0.3 is 9.47 Å². The zero-order valence-electron chi connectivity index (χ0n) is 16.5. The zero-order valence-corrected chi connectivity index (χ0v) is 18.0. The van der Waals surface area contributed by atoms with Gasteiger partial charge in [-0.1, -0.05) is 29.8 Å². The summed E-state index contributed by atoms with van der Waals surface area (Å²) in [5.41, 5.74) is 0.945. The van der Waals surface area contributed by atoms with Gasteiger partial charge in [-0.05, 0) is 30.5 Å². The van der Waals surface area contributed by atoms with Crippen LogP contribution in [0, 0.1) is 0 Å². The first-order valence-electron chi connectivity index (χ1n) is 8.98. The molecular formula is C19H24ClNO7S. The molecule has 1 fully saturated rings. The monoisotopic (exact) mass is 445 g/mol. The van der Waals surface area contributed by atoms with E-state index in [1.165, 1.54) is 13.2 Å². The number of nitrogens with zero attached hydrogens (tertiary/aromatic N) is 1. The van der Waals surface area contributed by atoms with Crippen molar-refractivity contribution in [2.24, 2.45) is 0 Å². The number of rotatable bonds is 7. The molecule has 2 rings (SSSR count). The van der Waals surface area contributed by atoms with Crippen LogP contribution in [-0.2, 0) is 33.4 Å². The Morgan fingerprint density at radius 1 is 1.34 bits per heavy atom. The number of piperidine rings is 1. The number of carbonyl (C=O) groups is 2. The molecule has 0 aliphatic carbocycles. The molecule has 1 aromatic rings. The van der Waals surface area contributed by atoms with Crippen molar-refractivity contribution in [2.45, 2.75) is 25.5 Å². The molecule has 1 heterocycles. The highest BCUT2D eigenvalue weighted by Crippen LogP contribution is 2.33. The highest BCUT2D eigenvalue weighted by atomic mass is 35.5. The Labute approximate surface area is 175 Å². The number of hydrogen-bond acceptors (Lipinski definition) is 8. The van der Waals surface area contributed by atoms with Gasteiger partial charge in [-0.2, -0.15) is 8.42 Å². The molecule has 0 saturated carbocycles. The van der Waals surface area contributed by atoms with E-state index in [9.17, 15) is 18.0 Å². The Morgan fingerprint density at radius 2 is 2.03 bits per heavy atom. The molecule has 0 radical (unpaired) electrons. The molecule has 1 saturated heterocycles. The molecule has 29 heavy (non-hydrogen) atoms. The summed E-state index contributed by atoms with van der Waals surface area (Å²) in [4.78, 5) is 26.3. The van der Waals surface area contributed by atoms with Gasteiger partial charge in [-0.3, -0.25) is 9.08 Å². The van der Waals surface area contributed by atoms with Gasteiger partial charge in [0.25, 0.3) is 10.1 Å². The van der Waals surface area contributed by atoms with E-state index in [1.807, 2.05) is 0 Å². The maximum atomic E-state index is 12.5. The van der Waals surface area contributed by atoms with Gasteiger partial charge >= 0.3 is 11.9 Å². The Kier molecular flexibility index (Phi) is 8.21. The van der Waals surface area contributed by atoms with E-state index in [1.54, 1.807) is 36.1 Å². The van der Waals surface area contributed by atoms with Crippen molar-refractivity contribution in [3.63, 3.8) is 0 Å². The van der Waals surface area contributed by atoms with Gasteiger partial charge in [0.05, 0.1) is 20.0 Å². The fourth-order valence-corrected chi connectivity index (χ4v) is 4.06. The second-order valence-electron chi connectivity index (χ2n) is 6.47. The van der Waals surface area contributed by atoms with Crippen molar-refractivity contribution in [2.75, 3.05) is 33.1 Å². The smallest absolute Gasteiger partial charge is 0.330 e. The summed E-state index contributed by atoms with van der Waals surface area (Å²) in [6.07, 6.45) is 1.58. The summed E-state index contributed by atoms with van der Waals surface area (Å²) in [6.45, 7) is 2.27. The van der Waals surface area contributed by atoms with Crippen LogP contribution in [0.3, 0.4) is 0 Å². The largest absolute Gasteiger partial charge is 0.468 e. The number of methoxy groups -OCH3 is 1. The number of halogens is 1. The van der Waals surface area contributed by atoms with Crippen molar-refractivity contribution in [3.8, 4) is 0 Å². The van der Waals surface area contributed by atoms with Crippen LogP contribution < -0.4 is 0 Å². The minimum absolute atomic E-state index is 0.101. The van der Waals surface area contributed by atoms with Gasteiger partial charge in [0.2, 0.25) is 0 Å². The Morgan fingerprint density at radius 3 is 2.62 bits per heavy atom. The third-order valence-electron chi connectivity index (χ3n) is 4.35. The number of ether oxygens (including phenoxy) is 2. The van der Waals surface area contributed by atoms with E-state index in [-0.39, 0.29) is 19.6 Å². The molecule has 8 nitrogen and oxygen atoms in total. The zero-order chi connectivity index (χ0) is 21.6. The Balaban J connectivity index is 2.39. The first-order valence-corrected chi connectivity index (χ1v) is 11.2. The first-order chi connectivity index (χ1) is 13.7. The van der Waals surface area contributed by atoms with E-state index in [4.69, 9.17) is 25.3 Å². The van der Waals surface area contributed by atoms with Crippen LogP contribution in [0.25, 0.3) is 0 Å². The molecule has 0 spiro atoms. The van der Waals surface area contributed by atoms with Crippen LogP contribution >= 0.6 is 11.6 Å². The molecule has 1 aliphatic rings. The summed E-state index contributed by atoms with van der Waals surface area (Å²) < 4.78 is 38.3. The molecule has 0 amide bonds. The predicted molar refractivity (Wildman–Crippen MR) is 107 cm³/mol. The van der Waals surface area contributed by atoms with Crippen molar-refractivity contribution < 1.29 is 31.7 Å². The average molecular weight is 446 g/mol. The summed E-state index contributed by atoms with van der Waals surface area (Å²) in [5, 5.41) is 0.397. The minimum Gasteiger partial charge on any atom is -0.468 e. The number of carbonyl (C=O) groups excluding carboxylic acids is 2. The minimum atomic E-state index is -3.75. The Hall–Kier alpha value is -1.94. The number of esters is 2. The quantitative estimate of drug-likeness (QED) is 0.357. The van der Waals surface area contributed by atoms with Crippen LogP contribution in [0.4, 0.5) is 0 Å². The van der Waals surface area contributed by atoms with Crippen molar-refractivity contribution in [1.82, 2.24) is 4.90 Å². The maximum absolute atomic E-state index is 12.5. The summed E-state index contributed by atoms with van der Waals surface area (Å²) in [6, 6.07) is 6.07. The van der Waals surface area contributed by atoms with Crippen molar-refractivity contribution in [3.05, 3.63) is 46.5 Å². The third kappa shape index (κ3) is 6.53. The summed E-state index contributed by atoms with van der Waals surface area (Å²) in [7, 11) is -2.47. The molecule has 10 heteroatoms. The standard InChI is InChI=1S/C19H24ClNO7S/c1-4-27-17(22)11-13-12-21(10-9-16(13)28-29(3,24)25)18(19(23)26-2)14-7-5-6-8-15(14)20/h5-8,11,16,18H,4,9-10,12H2,1-3H3/b13-11+/t16-,18-/m0/s1. The lowest BCUT2D eigenvalue weighted by molar-refractivity contribution is -0.147. The van der Waals surface area contributed by atoms with E-state index in [2.05, 4.69) is 0 Å². The van der Waals surface area contributed by atoms with Crippen molar-refractivity contribution in [1.29, 1.82) is 0 Å². The maximum Gasteiger partial charge on any atom is 0.330 e. The van der Waals surface area contributed by atoms with Crippen LogP contribution in [0.5, 0.6) is 0 Å². The number of hydrogen-bond donors (Lipinski definition) is 0.